The van der Waals surface area contributed by atoms with Crippen LogP contribution in [0.5, 0.6) is 0 Å². The number of hydrogen-bond acceptors (Lipinski definition) is 3. The summed E-state index contributed by atoms with van der Waals surface area (Å²) in [7, 11) is 2.15. The lowest BCUT2D eigenvalue weighted by atomic mass is 10.2. The fourth-order valence-corrected chi connectivity index (χ4v) is 3.06. The van der Waals surface area contributed by atoms with Crippen molar-refractivity contribution in [3.63, 3.8) is 0 Å². The zero-order chi connectivity index (χ0) is 9.97. The third-order valence-electron chi connectivity index (χ3n) is 2.85. The highest BCUT2D eigenvalue weighted by Crippen LogP contribution is 2.29. The van der Waals surface area contributed by atoms with Crippen LogP contribution in [0.15, 0.2) is 5.38 Å². The van der Waals surface area contributed by atoms with Gasteiger partial charge in [-0.25, -0.2) is 4.98 Å². The van der Waals surface area contributed by atoms with Crippen LogP contribution in [-0.4, -0.2) is 18.1 Å². The van der Waals surface area contributed by atoms with E-state index in [4.69, 9.17) is 11.6 Å². The van der Waals surface area contributed by atoms with Crippen molar-refractivity contribution in [2.45, 2.75) is 37.6 Å². The molecule has 2 nitrogen and oxygen atoms in total. The molecular formula is C10H15ClN2S. The third kappa shape index (κ3) is 2.04. The normalized spacial score (nSPS) is 17.6. The molecule has 0 amide bonds. The number of halogens is 1. The van der Waals surface area contributed by atoms with Crippen molar-refractivity contribution >= 4 is 28.1 Å². The molecule has 1 aromatic heterocycles. The average molecular weight is 231 g/mol. The molecule has 0 aromatic carbocycles. The maximum absolute atomic E-state index is 5.73. The number of thiazole rings is 1. The van der Waals surface area contributed by atoms with Crippen molar-refractivity contribution in [2.75, 3.05) is 11.9 Å². The number of hydrogen-bond donors (Lipinski definition) is 0. The summed E-state index contributed by atoms with van der Waals surface area (Å²) in [5.74, 6) is 0.523. The van der Waals surface area contributed by atoms with E-state index in [0.717, 1.165) is 10.8 Å². The topological polar surface area (TPSA) is 16.1 Å². The van der Waals surface area contributed by atoms with E-state index in [0.29, 0.717) is 11.9 Å². The summed E-state index contributed by atoms with van der Waals surface area (Å²) in [6, 6.07) is 0.698. The van der Waals surface area contributed by atoms with Gasteiger partial charge in [-0.3, -0.25) is 0 Å². The second kappa shape index (κ2) is 4.49. The van der Waals surface area contributed by atoms with E-state index >= 15 is 0 Å². The Labute approximate surface area is 93.9 Å². The third-order valence-corrected chi connectivity index (χ3v) is 4.10. The number of rotatable bonds is 3. The molecule has 0 saturated heterocycles. The van der Waals surface area contributed by atoms with E-state index in [9.17, 15) is 0 Å². The van der Waals surface area contributed by atoms with E-state index in [2.05, 4.69) is 16.9 Å². The zero-order valence-corrected chi connectivity index (χ0v) is 9.94. The Hall–Kier alpha value is -0.280. The Morgan fingerprint density at radius 1 is 1.57 bits per heavy atom. The maximum Gasteiger partial charge on any atom is 0.185 e. The molecule has 1 aliphatic rings. The van der Waals surface area contributed by atoms with Crippen LogP contribution in [-0.2, 0) is 5.88 Å². The van der Waals surface area contributed by atoms with Crippen LogP contribution in [0.1, 0.15) is 31.4 Å². The molecule has 0 bridgehead atoms. The Kier molecular flexibility index (Phi) is 3.29. The van der Waals surface area contributed by atoms with Gasteiger partial charge in [0.1, 0.15) is 0 Å². The highest BCUT2D eigenvalue weighted by atomic mass is 35.5. The Balaban J connectivity index is 2.05. The van der Waals surface area contributed by atoms with Crippen LogP contribution in [0.25, 0.3) is 0 Å². The van der Waals surface area contributed by atoms with E-state index in [1.807, 2.05) is 5.38 Å². The molecule has 1 fully saturated rings. The molecule has 0 spiro atoms. The van der Waals surface area contributed by atoms with Crippen molar-refractivity contribution in [2.24, 2.45) is 0 Å². The monoisotopic (exact) mass is 230 g/mol. The molecule has 1 heterocycles. The first-order chi connectivity index (χ1) is 6.81. The molecule has 0 radical (unpaired) electrons. The minimum absolute atomic E-state index is 0.523. The minimum Gasteiger partial charge on any atom is -0.348 e. The number of alkyl halides is 1. The summed E-state index contributed by atoms with van der Waals surface area (Å²) in [4.78, 5) is 6.80. The lowest BCUT2D eigenvalue weighted by molar-refractivity contribution is 0.651. The Morgan fingerprint density at radius 2 is 2.29 bits per heavy atom. The van der Waals surface area contributed by atoms with E-state index in [1.54, 1.807) is 11.3 Å². The minimum atomic E-state index is 0.523. The fraction of sp³-hybridized carbons (Fsp3) is 0.700. The second-order valence-corrected chi connectivity index (χ2v) is 4.91. The predicted octanol–water partition coefficient (Wildman–Crippen LogP) is 3.26. The fourth-order valence-electron chi connectivity index (χ4n) is 1.97. The zero-order valence-electron chi connectivity index (χ0n) is 8.37. The lowest BCUT2D eigenvalue weighted by Gasteiger charge is -2.23. The van der Waals surface area contributed by atoms with Gasteiger partial charge in [-0.15, -0.1) is 22.9 Å². The quantitative estimate of drug-likeness (QED) is 0.741. The van der Waals surface area contributed by atoms with Crippen molar-refractivity contribution in [1.82, 2.24) is 4.98 Å². The van der Waals surface area contributed by atoms with Gasteiger partial charge < -0.3 is 4.90 Å². The number of aromatic nitrogens is 1. The van der Waals surface area contributed by atoms with Gasteiger partial charge in [-0.2, -0.15) is 0 Å². The Morgan fingerprint density at radius 3 is 2.86 bits per heavy atom. The van der Waals surface area contributed by atoms with Crippen LogP contribution in [0.2, 0.25) is 0 Å². The average Bonchev–Trinajstić information content (AvgIpc) is 2.88. The van der Waals surface area contributed by atoms with Crippen molar-refractivity contribution < 1.29 is 0 Å². The van der Waals surface area contributed by atoms with Crippen LogP contribution in [0, 0.1) is 0 Å². The number of anilines is 1. The molecule has 2 rings (SSSR count). The first-order valence-corrected chi connectivity index (χ1v) is 6.46. The van der Waals surface area contributed by atoms with Crippen molar-refractivity contribution in [1.29, 1.82) is 0 Å². The van der Waals surface area contributed by atoms with E-state index < -0.39 is 0 Å². The van der Waals surface area contributed by atoms with E-state index in [-0.39, 0.29) is 0 Å². The van der Waals surface area contributed by atoms with Gasteiger partial charge in [0.2, 0.25) is 0 Å². The van der Waals surface area contributed by atoms with Gasteiger partial charge >= 0.3 is 0 Å². The summed E-state index contributed by atoms with van der Waals surface area (Å²) in [5, 5.41) is 3.17. The van der Waals surface area contributed by atoms with Crippen LogP contribution in [0.4, 0.5) is 5.13 Å². The van der Waals surface area contributed by atoms with Crippen LogP contribution < -0.4 is 4.90 Å². The summed E-state index contributed by atoms with van der Waals surface area (Å²) < 4.78 is 0. The molecule has 1 aliphatic carbocycles. The van der Waals surface area contributed by atoms with Crippen LogP contribution >= 0.6 is 22.9 Å². The molecule has 0 unspecified atom stereocenters. The smallest absolute Gasteiger partial charge is 0.185 e. The molecule has 4 heteroatoms. The standard InChI is InChI=1S/C10H15ClN2S/c1-13(9-4-2-3-5-9)10-12-8(6-11)7-14-10/h7,9H,2-6H2,1H3. The highest BCUT2D eigenvalue weighted by Gasteiger charge is 2.21. The molecule has 1 aromatic rings. The van der Waals surface area contributed by atoms with Gasteiger partial charge in [0.05, 0.1) is 11.6 Å². The number of nitrogens with zero attached hydrogens (tertiary/aromatic N) is 2. The summed E-state index contributed by atoms with van der Waals surface area (Å²) in [6.07, 6.45) is 5.35. The molecule has 0 N–H and O–H groups in total. The largest absolute Gasteiger partial charge is 0.348 e. The SMILES string of the molecule is CN(c1nc(CCl)cs1)C1CCCC1. The van der Waals surface area contributed by atoms with Gasteiger partial charge in [-0.1, -0.05) is 12.8 Å². The molecule has 0 aliphatic heterocycles. The molecule has 1 saturated carbocycles. The second-order valence-electron chi connectivity index (χ2n) is 3.80. The molecular weight excluding hydrogens is 216 g/mol. The Bertz CT molecular complexity index is 294. The van der Waals surface area contributed by atoms with Crippen molar-refractivity contribution in [3.05, 3.63) is 11.1 Å². The maximum atomic E-state index is 5.73. The molecule has 0 atom stereocenters. The predicted molar refractivity (Wildman–Crippen MR) is 62.3 cm³/mol. The van der Waals surface area contributed by atoms with Gasteiger partial charge in [-0.05, 0) is 12.8 Å². The van der Waals surface area contributed by atoms with Gasteiger partial charge in [0.25, 0.3) is 0 Å². The summed E-state index contributed by atoms with van der Waals surface area (Å²) >= 11 is 7.43. The van der Waals surface area contributed by atoms with Crippen LogP contribution in [0.3, 0.4) is 0 Å². The van der Waals surface area contributed by atoms with Gasteiger partial charge in [0, 0.05) is 18.5 Å². The summed E-state index contributed by atoms with van der Waals surface area (Å²) in [5.41, 5.74) is 0.997. The molecule has 14 heavy (non-hydrogen) atoms. The van der Waals surface area contributed by atoms with E-state index in [1.165, 1.54) is 25.7 Å². The lowest BCUT2D eigenvalue weighted by Crippen LogP contribution is -2.28. The highest BCUT2D eigenvalue weighted by molar-refractivity contribution is 7.13. The first kappa shape index (κ1) is 10.2. The van der Waals surface area contributed by atoms with Crippen molar-refractivity contribution in [3.8, 4) is 0 Å². The van der Waals surface area contributed by atoms with Gasteiger partial charge in [0.15, 0.2) is 5.13 Å². The first-order valence-electron chi connectivity index (χ1n) is 5.04. The summed E-state index contributed by atoms with van der Waals surface area (Å²) in [6.45, 7) is 0. The molecule has 78 valence electrons.